The van der Waals surface area contributed by atoms with E-state index in [2.05, 4.69) is 4.74 Å². The predicted octanol–water partition coefficient (Wildman–Crippen LogP) is 1.80. The largest absolute Gasteiger partial charge is 0.513 e. The van der Waals surface area contributed by atoms with Crippen molar-refractivity contribution in [2.75, 3.05) is 6.61 Å². The minimum atomic E-state index is -2.03. The zero-order valence-corrected chi connectivity index (χ0v) is 8.82. The molecule has 0 amide bonds. The fourth-order valence-electron chi connectivity index (χ4n) is 0.868. The molecule has 1 N–H and O–H groups in total. The fraction of sp³-hybridized carbons (Fsp3) is 0.222. The van der Waals surface area contributed by atoms with Gasteiger partial charge in [-0.2, -0.15) is 0 Å². The van der Waals surface area contributed by atoms with E-state index in [0.29, 0.717) is 0 Å². The van der Waals surface area contributed by atoms with Crippen molar-refractivity contribution in [3.63, 3.8) is 0 Å². The van der Waals surface area contributed by atoms with Crippen LogP contribution >= 0.6 is 0 Å². The first-order valence-electron chi connectivity index (χ1n) is 4.19. The molecule has 82 valence electrons. The Balaban J connectivity index is 2.64. The van der Waals surface area contributed by atoms with Crippen LogP contribution in [0.3, 0.4) is 0 Å². The molecule has 1 aromatic rings. The summed E-state index contributed by atoms with van der Waals surface area (Å²) in [4.78, 5) is 11.1. The summed E-state index contributed by atoms with van der Waals surface area (Å²) in [5.41, 5.74) is 0. The average Bonchev–Trinajstić information content (AvgIpc) is 2.18. The Morgan fingerprint density at radius 2 is 2.00 bits per heavy atom. The SMILES string of the molecule is CCOC(=O)Oc1ccc(S(=O)O)cc1. The molecular weight excluding hydrogens is 220 g/mol. The van der Waals surface area contributed by atoms with Crippen LogP contribution in [0.1, 0.15) is 6.92 Å². The van der Waals surface area contributed by atoms with Crippen molar-refractivity contribution < 1.29 is 23.0 Å². The number of hydrogen-bond acceptors (Lipinski definition) is 4. The number of benzene rings is 1. The molecule has 1 aromatic carbocycles. The highest BCUT2D eigenvalue weighted by atomic mass is 32.2. The van der Waals surface area contributed by atoms with E-state index in [1.165, 1.54) is 24.3 Å². The first-order chi connectivity index (χ1) is 7.13. The Kier molecular flexibility index (Phi) is 4.26. The lowest BCUT2D eigenvalue weighted by molar-refractivity contribution is 0.104. The lowest BCUT2D eigenvalue weighted by Gasteiger charge is -2.03. The van der Waals surface area contributed by atoms with Gasteiger partial charge in [-0.15, -0.1) is 0 Å². The zero-order chi connectivity index (χ0) is 11.3. The summed E-state index contributed by atoms with van der Waals surface area (Å²) < 4.78 is 28.6. The Bertz CT molecular complexity index is 359. The number of ether oxygens (including phenoxy) is 2. The summed E-state index contributed by atoms with van der Waals surface area (Å²) in [5, 5.41) is 0. The molecule has 0 aliphatic rings. The second-order valence-electron chi connectivity index (χ2n) is 2.51. The third-order valence-electron chi connectivity index (χ3n) is 1.49. The van der Waals surface area contributed by atoms with E-state index in [-0.39, 0.29) is 17.3 Å². The van der Waals surface area contributed by atoms with Crippen molar-refractivity contribution in [2.24, 2.45) is 0 Å². The van der Waals surface area contributed by atoms with Crippen molar-refractivity contribution in [1.82, 2.24) is 0 Å². The van der Waals surface area contributed by atoms with Crippen LogP contribution in [0.25, 0.3) is 0 Å². The molecule has 1 atom stereocenters. The molecule has 0 radical (unpaired) electrons. The zero-order valence-electron chi connectivity index (χ0n) is 8.00. The molecule has 0 saturated carbocycles. The van der Waals surface area contributed by atoms with Crippen LogP contribution in [-0.2, 0) is 15.8 Å². The molecular formula is C9H10O5S. The van der Waals surface area contributed by atoms with Gasteiger partial charge in [0.05, 0.1) is 11.5 Å². The molecule has 0 spiro atoms. The molecule has 0 aliphatic carbocycles. The molecule has 0 fully saturated rings. The van der Waals surface area contributed by atoms with Gasteiger partial charge in [0.15, 0.2) is 11.1 Å². The first kappa shape index (κ1) is 11.7. The number of carbonyl (C=O) groups excluding carboxylic acids is 1. The van der Waals surface area contributed by atoms with Gasteiger partial charge in [0.1, 0.15) is 5.75 Å². The lowest BCUT2D eigenvalue weighted by Crippen LogP contribution is -2.09. The highest BCUT2D eigenvalue weighted by Gasteiger charge is 2.05. The van der Waals surface area contributed by atoms with Crippen molar-refractivity contribution >= 4 is 17.2 Å². The van der Waals surface area contributed by atoms with Gasteiger partial charge in [0.25, 0.3) is 0 Å². The topological polar surface area (TPSA) is 72.8 Å². The van der Waals surface area contributed by atoms with E-state index >= 15 is 0 Å². The van der Waals surface area contributed by atoms with Crippen molar-refractivity contribution in [3.05, 3.63) is 24.3 Å². The molecule has 15 heavy (non-hydrogen) atoms. The summed E-state index contributed by atoms with van der Waals surface area (Å²) in [6.45, 7) is 1.90. The summed E-state index contributed by atoms with van der Waals surface area (Å²) in [6, 6.07) is 5.62. The van der Waals surface area contributed by atoms with Crippen LogP contribution in [0.15, 0.2) is 29.2 Å². The third-order valence-corrected chi connectivity index (χ3v) is 2.16. The van der Waals surface area contributed by atoms with Gasteiger partial charge in [-0.25, -0.2) is 9.00 Å². The smallest absolute Gasteiger partial charge is 0.434 e. The summed E-state index contributed by atoms with van der Waals surface area (Å²) in [7, 11) is 0. The third kappa shape index (κ3) is 3.69. The van der Waals surface area contributed by atoms with Gasteiger partial charge >= 0.3 is 6.16 Å². The van der Waals surface area contributed by atoms with Crippen LogP contribution in [0.5, 0.6) is 5.75 Å². The van der Waals surface area contributed by atoms with Gasteiger partial charge < -0.3 is 14.0 Å². The highest BCUT2D eigenvalue weighted by molar-refractivity contribution is 7.79. The molecule has 0 aliphatic heterocycles. The van der Waals surface area contributed by atoms with Crippen molar-refractivity contribution in [2.45, 2.75) is 11.8 Å². The van der Waals surface area contributed by atoms with Crippen LogP contribution < -0.4 is 4.74 Å². The van der Waals surface area contributed by atoms with E-state index < -0.39 is 17.2 Å². The van der Waals surface area contributed by atoms with Crippen LogP contribution in [0.2, 0.25) is 0 Å². The monoisotopic (exact) mass is 230 g/mol. The fourth-order valence-corrected chi connectivity index (χ4v) is 1.24. The van der Waals surface area contributed by atoms with Crippen molar-refractivity contribution in [3.8, 4) is 5.75 Å². The van der Waals surface area contributed by atoms with Gasteiger partial charge in [-0.05, 0) is 31.2 Å². The number of hydrogen-bond donors (Lipinski definition) is 1. The Labute approximate surface area is 89.3 Å². The molecule has 1 rings (SSSR count). The van der Waals surface area contributed by atoms with E-state index in [0.717, 1.165) is 0 Å². The van der Waals surface area contributed by atoms with Crippen molar-refractivity contribution in [1.29, 1.82) is 0 Å². The normalized spacial score (nSPS) is 11.9. The van der Waals surface area contributed by atoms with E-state index in [1.54, 1.807) is 6.92 Å². The molecule has 1 unspecified atom stereocenters. The maximum Gasteiger partial charge on any atom is 0.513 e. The van der Waals surface area contributed by atoms with Crippen LogP contribution in [0.4, 0.5) is 4.79 Å². The predicted molar refractivity (Wildman–Crippen MR) is 53.1 cm³/mol. The average molecular weight is 230 g/mol. The molecule has 0 saturated heterocycles. The minimum Gasteiger partial charge on any atom is -0.434 e. The standard InChI is InChI=1S/C9H10O5S/c1-2-13-9(10)14-7-3-5-8(6-4-7)15(11)12/h3-6H,2H2,1H3,(H,11,12). The second-order valence-corrected chi connectivity index (χ2v) is 3.48. The number of carbonyl (C=O) groups is 1. The lowest BCUT2D eigenvalue weighted by atomic mass is 10.3. The van der Waals surface area contributed by atoms with E-state index in [4.69, 9.17) is 9.29 Å². The van der Waals surface area contributed by atoms with Gasteiger partial charge in [0.2, 0.25) is 0 Å². The Hall–Kier alpha value is -1.40. The number of rotatable bonds is 3. The van der Waals surface area contributed by atoms with E-state index in [1.807, 2.05) is 0 Å². The van der Waals surface area contributed by atoms with E-state index in [9.17, 15) is 9.00 Å². The molecule has 0 aromatic heterocycles. The quantitative estimate of drug-likeness (QED) is 0.487. The Morgan fingerprint density at radius 3 is 2.47 bits per heavy atom. The maximum absolute atomic E-state index is 10.9. The maximum atomic E-state index is 10.9. The minimum absolute atomic E-state index is 0.234. The van der Waals surface area contributed by atoms with Gasteiger partial charge in [-0.1, -0.05) is 0 Å². The molecule has 0 heterocycles. The molecule has 6 heteroatoms. The van der Waals surface area contributed by atoms with Crippen LogP contribution in [0, 0.1) is 0 Å². The van der Waals surface area contributed by atoms with Gasteiger partial charge in [0, 0.05) is 0 Å². The molecule has 0 bridgehead atoms. The second kappa shape index (κ2) is 5.47. The Morgan fingerprint density at radius 1 is 1.40 bits per heavy atom. The summed E-state index contributed by atoms with van der Waals surface area (Å²) in [6.07, 6.45) is -0.796. The van der Waals surface area contributed by atoms with Crippen LogP contribution in [-0.4, -0.2) is 21.5 Å². The first-order valence-corrected chi connectivity index (χ1v) is 5.29. The van der Waals surface area contributed by atoms with Gasteiger partial charge in [-0.3, -0.25) is 0 Å². The highest BCUT2D eigenvalue weighted by Crippen LogP contribution is 2.14. The summed E-state index contributed by atoms with van der Waals surface area (Å²) >= 11 is -2.03. The summed E-state index contributed by atoms with van der Waals surface area (Å²) in [5.74, 6) is 0.266. The molecule has 5 nitrogen and oxygen atoms in total.